The molecule has 0 saturated carbocycles. The molecule has 33 heavy (non-hydrogen) atoms. The van der Waals surface area contributed by atoms with Gasteiger partial charge in [-0.25, -0.2) is 16.8 Å². The Morgan fingerprint density at radius 2 is 1.61 bits per heavy atom. The second-order valence-corrected chi connectivity index (χ2v) is 12.1. The molecule has 1 fully saturated rings. The number of amides is 1. The van der Waals surface area contributed by atoms with Gasteiger partial charge >= 0.3 is 0 Å². The lowest BCUT2D eigenvalue weighted by molar-refractivity contribution is 0.102. The number of carbonyl (C=O) groups excluding carboxylic acids is 1. The van der Waals surface area contributed by atoms with Crippen LogP contribution >= 0.6 is 0 Å². The van der Waals surface area contributed by atoms with Crippen molar-refractivity contribution in [2.24, 2.45) is 0 Å². The molecule has 1 amide bonds. The van der Waals surface area contributed by atoms with Gasteiger partial charge in [0, 0.05) is 44.0 Å². The first-order chi connectivity index (χ1) is 15.6. The molecular formula is C22H28N4O5S2. The molecule has 4 rings (SSSR count). The molecule has 2 aliphatic heterocycles. The Kier molecular flexibility index (Phi) is 6.50. The van der Waals surface area contributed by atoms with Crippen molar-refractivity contribution in [3.63, 3.8) is 0 Å². The van der Waals surface area contributed by atoms with Crippen molar-refractivity contribution >= 4 is 37.3 Å². The predicted octanol–water partition coefficient (Wildman–Crippen LogP) is 1.59. The van der Waals surface area contributed by atoms with Gasteiger partial charge in [-0.3, -0.25) is 9.10 Å². The third-order valence-electron chi connectivity index (χ3n) is 6.12. The summed E-state index contributed by atoms with van der Waals surface area (Å²) in [5, 5.41) is 2.78. The molecule has 11 heteroatoms. The molecule has 1 saturated heterocycles. The van der Waals surface area contributed by atoms with Crippen LogP contribution in [-0.4, -0.2) is 77.5 Å². The average Bonchev–Trinajstić information content (AvgIpc) is 3.23. The van der Waals surface area contributed by atoms with Crippen LogP contribution in [0.25, 0.3) is 0 Å². The molecule has 0 aliphatic carbocycles. The second kappa shape index (κ2) is 9.05. The minimum atomic E-state index is -3.58. The summed E-state index contributed by atoms with van der Waals surface area (Å²) < 4.78 is 52.4. The number of carbonyl (C=O) groups is 1. The highest BCUT2D eigenvalue weighted by molar-refractivity contribution is 7.92. The van der Waals surface area contributed by atoms with Crippen molar-refractivity contribution in [3.8, 4) is 0 Å². The van der Waals surface area contributed by atoms with Crippen LogP contribution < -0.4 is 9.62 Å². The first-order valence-corrected chi connectivity index (χ1v) is 14.1. The Hall–Kier alpha value is -2.47. The smallest absolute Gasteiger partial charge is 0.255 e. The molecule has 0 atom stereocenters. The number of sulfonamides is 2. The van der Waals surface area contributed by atoms with Gasteiger partial charge in [-0.15, -0.1) is 0 Å². The molecule has 2 aromatic rings. The third-order valence-corrected chi connectivity index (χ3v) is 9.22. The van der Waals surface area contributed by atoms with E-state index in [9.17, 15) is 21.6 Å². The van der Waals surface area contributed by atoms with Crippen molar-refractivity contribution in [3.05, 3.63) is 53.6 Å². The van der Waals surface area contributed by atoms with Gasteiger partial charge in [0.05, 0.1) is 16.8 Å². The van der Waals surface area contributed by atoms with Crippen LogP contribution in [0.3, 0.4) is 0 Å². The van der Waals surface area contributed by atoms with Crippen LogP contribution in [-0.2, 0) is 26.5 Å². The summed E-state index contributed by atoms with van der Waals surface area (Å²) in [5.74, 6) is -0.345. The molecule has 0 bridgehead atoms. The molecule has 9 nitrogen and oxygen atoms in total. The van der Waals surface area contributed by atoms with E-state index in [0.29, 0.717) is 56.1 Å². The lowest BCUT2D eigenvalue weighted by atomic mass is 10.1. The molecule has 0 unspecified atom stereocenters. The van der Waals surface area contributed by atoms with Crippen molar-refractivity contribution < 1.29 is 21.6 Å². The van der Waals surface area contributed by atoms with Gasteiger partial charge < -0.3 is 10.2 Å². The Morgan fingerprint density at radius 1 is 0.939 bits per heavy atom. The quantitative estimate of drug-likeness (QED) is 0.656. The monoisotopic (exact) mass is 492 g/mol. The van der Waals surface area contributed by atoms with Crippen LogP contribution in [0.4, 0.5) is 11.4 Å². The molecule has 0 spiro atoms. The topological polar surface area (TPSA) is 107 Å². The molecule has 1 N–H and O–H groups in total. The van der Waals surface area contributed by atoms with Crippen LogP contribution in [0.5, 0.6) is 0 Å². The zero-order valence-corrected chi connectivity index (χ0v) is 20.3. The number of rotatable bonds is 6. The molecule has 0 aromatic heterocycles. The molecule has 0 radical (unpaired) electrons. The highest BCUT2D eigenvalue weighted by Crippen LogP contribution is 2.31. The zero-order chi connectivity index (χ0) is 23.8. The maximum Gasteiger partial charge on any atom is 0.255 e. The van der Waals surface area contributed by atoms with Crippen LogP contribution in [0.15, 0.2) is 47.4 Å². The zero-order valence-electron chi connectivity index (χ0n) is 18.7. The van der Waals surface area contributed by atoms with Crippen molar-refractivity contribution in [1.29, 1.82) is 0 Å². The second-order valence-electron chi connectivity index (χ2n) is 8.25. The van der Waals surface area contributed by atoms with Gasteiger partial charge in [0.15, 0.2) is 0 Å². The summed E-state index contributed by atoms with van der Waals surface area (Å²) in [4.78, 5) is 15.1. The number of hydrogen-bond donors (Lipinski definition) is 1. The largest absolute Gasteiger partial charge is 0.322 e. The summed E-state index contributed by atoms with van der Waals surface area (Å²) >= 11 is 0. The lowest BCUT2D eigenvalue weighted by Gasteiger charge is -2.33. The van der Waals surface area contributed by atoms with Crippen molar-refractivity contribution in [2.45, 2.75) is 18.2 Å². The van der Waals surface area contributed by atoms with E-state index in [-0.39, 0.29) is 10.8 Å². The van der Waals surface area contributed by atoms with Gasteiger partial charge in [-0.1, -0.05) is 6.92 Å². The number of nitrogens with zero attached hydrogens (tertiary/aromatic N) is 3. The third kappa shape index (κ3) is 4.91. The first-order valence-electron chi connectivity index (χ1n) is 10.8. The fraction of sp³-hybridized carbons (Fsp3) is 0.409. The summed E-state index contributed by atoms with van der Waals surface area (Å²) in [6.45, 7) is 5.68. The maximum absolute atomic E-state index is 12.9. The van der Waals surface area contributed by atoms with E-state index in [2.05, 4.69) is 17.1 Å². The Balaban J connectivity index is 1.44. The molecular weight excluding hydrogens is 464 g/mol. The number of benzene rings is 2. The molecule has 2 aromatic carbocycles. The fourth-order valence-corrected chi connectivity index (χ4v) is 6.59. The van der Waals surface area contributed by atoms with Gasteiger partial charge in [0.1, 0.15) is 0 Å². The van der Waals surface area contributed by atoms with Crippen LogP contribution in [0.1, 0.15) is 22.8 Å². The van der Waals surface area contributed by atoms with Gasteiger partial charge in [0.25, 0.3) is 5.91 Å². The van der Waals surface area contributed by atoms with Gasteiger partial charge in [-0.05, 0) is 61.0 Å². The predicted molar refractivity (Wildman–Crippen MR) is 128 cm³/mol. The summed E-state index contributed by atoms with van der Waals surface area (Å²) in [7, 11) is -6.92. The Bertz CT molecular complexity index is 1250. The number of piperazine rings is 1. The first kappa shape index (κ1) is 23.7. The van der Waals surface area contributed by atoms with E-state index in [1.54, 1.807) is 30.3 Å². The van der Waals surface area contributed by atoms with E-state index in [4.69, 9.17) is 0 Å². The summed E-state index contributed by atoms with van der Waals surface area (Å²) in [6, 6.07) is 11.1. The van der Waals surface area contributed by atoms with E-state index < -0.39 is 20.0 Å². The van der Waals surface area contributed by atoms with E-state index >= 15 is 0 Å². The van der Waals surface area contributed by atoms with Crippen molar-refractivity contribution in [1.82, 2.24) is 9.21 Å². The van der Waals surface area contributed by atoms with Crippen LogP contribution in [0.2, 0.25) is 0 Å². The van der Waals surface area contributed by atoms with Crippen molar-refractivity contribution in [2.75, 3.05) is 55.1 Å². The average molecular weight is 493 g/mol. The number of fused-ring (bicyclic) bond motifs is 1. The fourth-order valence-electron chi connectivity index (χ4n) is 4.21. The summed E-state index contributed by atoms with van der Waals surface area (Å²) in [5.41, 5.74) is 2.30. The molecule has 178 valence electrons. The van der Waals surface area contributed by atoms with E-state index in [0.717, 1.165) is 18.4 Å². The Labute approximate surface area is 195 Å². The van der Waals surface area contributed by atoms with E-state index in [1.807, 2.05) is 0 Å². The SMILES string of the molecule is CCN1CCN(S(=O)(=O)c2ccc(NC(=O)c3ccc4c(c3)CCN4S(C)(=O)=O)cc2)CC1. The van der Waals surface area contributed by atoms with Gasteiger partial charge in [-0.2, -0.15) is 4.31 Å². The number of hydrogen-bond acceptors (Lipinski definition) is 6. The standard InChI is InChI=1S/C22H28N4O5S2/c1-3-24-12-14-25(15-13-24)33(30,31)20-7-5-19(6-8-20)23-22(27)18-4-9-21-17(16-18)10-11-26(21)32(2,28)29/h4-9,16H,3,10-15H2,1-2H3,(H,23,27). The van der Waals surface area contributed by atoms with E-state index in [1.165, 1.54) is 20.7 Å². The number of anilines is 2. The minimum Gasteiger partial charge on any atom is -0.322 e. The minimum absolute atomic E-state index is 0.198. The molecule has 2 heterocycles. The number of nitrogens with one attached hydrogen (secondary N) is 1. The van der Waals surface area contributed by atoms with Crippen LogP contribution in [0, 0.1) is 0 Å². The lowest BCUT2D eigenvalue weighted by Crippen LogP contribution is -2.48. The maximum atomic E-state index is 12.9. The summed E-state index contributed by atoms with van der Waals surface area (Å²) in [6.07, 6.45) is 1.71. The number of likely N-dealkylation sites (N-methyl/N-ethyl adjacent to an activating group) is 1. The highest BCUT2D eigenvalue weighted by atomic mass is 32.2. The molecule has 2 aliphatic rings. The van der Waals surface area contributed by atoms with Gasteiger partial charge in [0.2, 0.25) is 20.0 Å². The normalized spacial score (nSPS) is 17.7. The highest BCUT2D eigenvalue weighted by Gasteiger charge is 2.28. The Morgan fingerprint density at radius 3 is 2.21 bits per heavy atom.